The van der Waals surface area contributed by atoms with Gasteiger partial charge in [0, 0.05) is 0 Å². The summed E-state index contributed by atoms with van der Waals surface area (Å²) in [5, 5.41) is 0. The van der Waals surface area contributed by atoms with Crippen LogP contribution in [0.15, 0.2) is 36.5 Å². The molecule has 0 amide bonds. The third kappa shape index (κ3) is 1.69. The molecule has 0 unspecified atom stereocenters. The highest BCUT2D eigenvalue weighted by Crippen LogP contribution is 2.32. The van der Waals surface area contributed by atoms with Gasteiger partial charge in [0.1, 0.15) is 0 Å². The van der Waals surface area contributed by atoms with E-state index in [0.29, 0.717) is 0 Å². The Bertz CT molecular complexity index is 196. The molecule has 2 aliphatic carbocycles. The Morgan fingerprint density at radius 2 is 1.17 bits per heavy atom. The normalized spacial score (nSPS) is 42.0. The van der Waals surface area contributed by atoms with Crippen LogP contribution in [-0.2, 0) is 0 Å². The summed E-state index contributed by atoms with van der Waals surface area (Å²) in [6.45, 7) is 0. The molecular formula is C12H16. The molecule has 0 aliphatic heterocycles. The first kappa shape index (κ1) is 7.85. The Balaban J connectivity index is 2.15. The van der Waals surface area contributed by atoms with E-state index in [4.69, 9.17) is 0 Å². The van der Waals surface area contributed by atoms with E-state index in [1.165, 1.54) is 25.7 Å². The van der Waals surface area contributed by atoms with E-state index in [-0.39, 0.29) is 0 Å². The molecule has 0 nitrogen and oxygen atoms in total. The molecule has 0 aromatic carbocycles. The van der Waals surface area contributed by atoms with Gasteiger partial charge in [-0.15, -0.1) is 0 Å². The molecule has 2 rings (SSSR count). The van der Waals surface area contributed by atoms with Gasteiger partial charge in [-0.3, -0.25) is 0 Å². The number of hydrogen-bond acceptors (Lipinski definition) is 0. The first-order valence-electron chi connectivity index (χ1n) is 4.98. The number of fused-ring (bicyclic) bond motifs is 1. The van der Waals surface area contributed by atoms with E-state index in [0.717, 1.165) is 11.8 Å². The van der Waals surface area contributed by atoms with Crippen molar-refractivity contribution in [1.29, 1.82) is 0 Å². The zero-order valence-corrected chi connectivity index (χ0v) is 7.45. The minimum Gasteiger partial charge on any atom is -0.0808 e. The molecule has 0 heteroatoms. The number of allylic oxidation sites excluding steroid dienone is 6. The Labute approximate surface area is 74.7 Å². The quantitative estimate of drug-likeness (QED) is 0.509. The summed E-state index contributed by atoms with van der Waals surface area (Å²) < 4.78 is 0. The van der Waals surface area contributed by atoms with Crippen molar-refractivity contribution in [2.75, 3.05) is 0 Å². The van der Waals surface area contributed by atoms with Crippen LogP contribution in [0.1, 0.15) is 25.7 Å². The summed E-state index contributed by atoms with van der Waals surface area (Å²) in [5.41, 5.74) is 0. The number of rotatable bonds is 0. The maximum Gasteiger partial charge on any atom is -0.0167 e. The molecule has 12 heavy (non-hydrogen) atoms. The van der Waals surface area contributed by atoms with Crippen LogP contribution in [0.2, 0.25) is 0 Å². The van der Waals surface area contributed by atoms with Gasteiger partial charge in [-0.1, -0.05) is 49.3 Å². The minimum absolute atomic E-state index is 0.819. The molecule has 0 bridgehead atoms. The summed E-state index contributed by atoms with van der Waals surface area (Å²) in [5.74, 6) is 1.64. The fourth-order valence-electron chi connectivity index (χ4n) is 2.21. The van der Waals surface area contributed by atoms with Gasteiger partial charge in [0.15, 0.2) is 0 Å². The van der Waals surface area contributed by atoms with Crippen molar-refractivity contribution in [3.05, 3.63) is 36.5 Å². The topological polar surface area (TPSA) is 0 Å². The average molecular weight is 160 g/mol. The maximum absolute atomic E-state index is 2.38. The van der Waals surface area contributed by atoms with Crippen LogP contribution >= 0.6 is 0 Å². The van der Waals surface area contributed by atoms with Gasteiger partial charge in [-0.05, 0) is 24.7 Å². The first-order chi connectivity index (χ1) is 5.97. The zero-order valence-electron chi connectivity index (χ0n) is 7.45. The van der Waals surface area contributed by atoms with E-state index in [1.807, 2.05) is 0 Å². The second kappa shape index (κ2) is 3.75. The molecular weight excluding hydrogens is 144 g/mol. The summed E-state index contributed by atoms with van der Waals surface area (Å²) >= 11 is 0. The van der Waals surface area contributed by atoms with E-state index in [9.17, 15) is 0 Å². The third-order valence-corrected chi connectivity index (χ3v) is 2.92. The van der Waals surface area contributed by atoms with Crippen LogP contribution in [0.4, 0.5) is 0 Å². The molecule has 0 spiro atoms. The predicted octanol–water partition coefficient (Wildman–Crippen LogP) is 3.48. The molecule has 0 aromatic heterocycles. The molecule has 2 atom stereocenters. The summed E-state index contributed by atoms with van der Waals surface area (Å²) in [6.07, 6.45) is 19.0. The van der Waals surface area contributed by atoms with E-state index >= 15 is 0 Å². The molecule has 64 valence electrons. The molecule has 1 fully saturated rings. The molecule has 0 radical (unpaired) electrons. The second-order valence-electron chi connectivity index (χ2n) is 3.77. The fourth-order valence-corrected chi connectivity index (χ4v) is 2.21. The lowest BCUT2D eigenvalue weighted by molar-refractivity contribution is 0.337. The van der Waals surface area contributed by atoms with E-state index in [1.54, 1.807) is 0 Å². The highest BCUT2D eigenvalue weighted by Gasteiger charge is 2.20. The Morgan fingerprint density at radius 3 is 1.67 bits per heavy atom. The van der Waals surface area contributed by atoms with Crippen LogP contribution in [0.5, 0.6) is 0 Å². The first-order valence-corrected chi connectivity index (χ1v) is 4.98. The lowest BCUT2D eigenvalue weighted by Gasteiger charge is -2.27. The van der Waals surface area contributed by atoms with Crippen molar-refractivity contribution in [3.8, 4) is 0 Å². The Morgan fingerprint density at radius 1 is 0.667 bits per heavy atom. The van der Waals surface area contributed by atoms with Gasteiger partial charge in [0.25, 0.3) is 0 Å². The summed E-state index contributed by atoms with van der Waals surface area (Å²) in [7, 11) is 0. The maximum atomic E-state index is 2.38. The number of hydrogen-bond donors (Lipinski definition) is 0. The predicted molar refractivity (Wildman–Crippen MR) is 52.9 cm³/mol. The summed E-state index contributed by atoms with van der Waals surface area (Å²) in [4.78, 5) is 0. The Kier molecular flexibility index (Phi) is 2.45. The van der Waals surface area contributed by atoms with Crippen LogP contribution in [0.3, 0.4) is 0 Å². The molecule has 0 heterocycles. The fraction of sp³-hybridized carbons (Fsp3) is 0.500. The van der Waals surface area contributed by atoms with Gasteiger partial charge < -0.3 is 0 Å². The highest BCUT2D eigenvalue weighted by molar-refractivity contribution is 5.17. The van der Waals surface area contributed by atoms with Crippen molar-refractivity contribution in [1.82, 2.24) is 0 Å². The smallest absolute Gasteiger partial charge is 0.0167 e. The zero-order chi connectivity index (χ0) is 8.23. The van der Waals surface area contributed by atoms with E-state index < -0.39 is 0 Å². The lowest BCUT2D eigenvalue weighted by Crippen LogP contribution is -2.15. The van der Waals surface area contributed by atoms with Crippen molar-refractivity contribution in [2.24, 2.45) is 11.8 Å². The summed E-state index contributed by atoms with van der Waals surface area (Å²) in [6, 6.07) is 0. The highest BCUT2D eigenvalue weighted by atomic mass is 14.2. The van der Waals surface area contributed by atoms with Crippen LogP contribution in [-0.4, -0.2) is 0 Å². The van der Waals surface area contributed by atoms with Gasteiger partial charge in [0.2, 0.25) is 0 Å². The van der Waals surface area contributed by atoms with Crippen LogP contribution < -0.4 is 0 Å². The molecule has 0 saturated heterocycles. The van der Waals surface area contributed by atoms with Crippen molar-refractivity contribution >= 4 is 0 Å². The Hall–Kier alpha value is -0.780. The second-order valence-corrected chi connectivity index (χ2v) is 3.77. The van der Waals surface area contributed by atoms with Crippen molar-refractivity contribution < 1.29 is 0 Å². The monoisotopic (exact) mass is 160 g/mol. The molecule has 1 saturated carbocycles. The lowest BCUT2D eigenvalue weighted by atomic mass is 9.78. The molecule has 2 aliphatic rings. The average Bonchev–Trinajstić information content (AvgIpc) is 2.06. The van der Waals surface area contributed by atoms with Gasteiger partial charge in [-0.2, -0.15) is 0 Å². The minimum atomic E-state index is 0.819. The van der Waals surface area contributed by atoms with Gasteiger partial charge in [0.05, 0.1) is 0 Å². The largest absolute Gasteiger partial charge is 0.0808 e. The van der Waals surface area contributed by atoms with Crippen molar-refractivity contribution in [2.45, 2.75) is 25.7 Å². The standard InChI is InChI=1S/C12H16/c1-2-4-8-12-10-6-5-9-11(12)7-3-1/h1-4,7-8,11-12H,5-6,9-10H2/b2-1-,7-3-,8-4-/t11-,12+. The van der Waals surface area contributed by atoms with Crippen LogP contribution in [0.25, 0.3) is 0 Å². The molecule has 0 N–H and O–H groups in total. The van der Waals surface area contributed by atoms with Gasteiger partial charge in [-0.25, -0.2) is 0 Å². The SMILES string of the molecule is C1=C\C=C/[C@H]2CCCC[C@H]2\C=C/1. The van der Waals surface area contributed by atoms with Gasteiger partial charge >= 0.3 is 0 Å². The molecule has 0 aromatic rings. The van der Waals surface area contributed by atoms with Crippen molar-refractivity contribution in [3.63, 3.8) is 0 Å². The van der Waals surface area contributed by atoms with Crippen LogP contribution in [0, 0.1) is 11.8 Å². The third-order valence-electron chi connectivity index (χ3n) is 2.92. The van der Waals surface area contributed by atoms with E-state index in [2.05, 4.69) is 36.5 Å².